The maximum Gasteiger partial charge on any atom is 0.257 e. The maximum absolute atomic E-state index is 11.3. The van der Waals surface area contributed by atoms with Crippen LogP contribution < -0.4 is 10.1 Å². The molecule has 0 bridgehead atoms. The summed E-state index contributed by atoms with van der Waals surface area (Å²) in [7, 11) is 0. The lowest BCUT2D eigenvalue weighted by atomic mass is 10.2. The largest absolute Gasteiger partial charge is 0.482 e. The van der Waals surface area contributed by atoms with Gasteiger partial charge in [-0.05, 0) is 18.1 Å². The number of aromatic nitrogens is 1. The Morgan fingerprint density at radius 3 is 3.00 bits per heavy atom. The van der Waals surface area contributed by atoms with E-state index in [0.29, 0.717) is 18.2 Å². The average Bonchev–Trinajstić information content (AvgIpc) is 2.25. The molecule has 4 heteroatoms. The third kappa shape index (κ3) is 5.00. The topological polar surface area (TPSA) is 51.2 Å². The first-order chi connectivity index (χ1) is 7.18. The minimum atomic E-state index is -0.104. The lowest BCUT2D eigenvalue weighted by Gasteiger charge is -2.08. The number of rotatable bonds is 5. The van der Waals surface area contributed by atoms with Gasteiger partial charge in [0.25, 0.3) is 5.91 Å². The highest BCUT2D eigenvalue weighted by Gasteiger charge is 2.02. The Kier molecular flexibility index (Phi) is 4.60. The Labute approximate surface area is 89.7 Å². The monoisotopic (exact) mass is 208 g/mol. The Morgan fingerprint density at radius 2 is 2.40 bits per heavy atom. The number of amides is 1. The molecule has 0 aliphatic heterocycles. The summed E-state index contributed by atoms with van der Waals surface area (Å²) in [5.74, 6) is 0.956. The first kappa shape index (κ1) is 11.5. The molecule has 1 heterocycles. The normalized spacial score (nSPS) is 10.1. The van der Waals surface area contributed by atoms with Gasteiger partial charge in [-0.3, -0.25) is 9.78 Å². The fraction of sp³-hybridized carbons (Fsp3) is 0.455. The van der Waals surface area contributed by atoms with Gasteiger partial charge in [0.1, 0.15) is 5.75 Å². The summed E-state index contributed by atoms with van der Waals surface area (Å²) in [6.07, 6.45) is 3.24. The number of nitrogens with one attached hydrogen (secondary N) is 1. The van der Waals surface area contributed by atoms with Crippen molar-refractivity contribution in [1.82, 2.24) is 10.3 Å². The minimum absolute atomic E-state index is 0.0401. The fourth-order valence-electron chi connectivity index (χ4n) is 0.950. The summed E-state index contributed by atoms with van der Waals surface area (Å²) < 4.78 is 5.23. The van der Waals surface area contributed by atoms with Crippen molar-refractivity contribution in [1.29, 1.82) is 0 Å². The molecule has 15 heavy (non-hydrogen) atoms. The van der Waals surface area contributed by atoms with E-state index in [4.69, 9.17) is 4.74 Å². The van der Waals surface area contributed by atoms with Crippen LogP contribution in [-0.4, -0.2) is 24.0 Å². The van der Waals surface area contributed by atoms with Crippen molar-refractivity contribution in [3.05, 3.63) is 24.5 Å². The molecule has 82 valence electrons. The van der Waals surface area contributed by atoms with Crippen LogP contribution >= 0.6 is 0 Å². The molecule has 0 radical (unpaired) electrons. The molecule has 1 amide bonds. The van der Waals surface area contributed by atoms with E-state index in [1.807, 2.05) is 13.8 Å². The van der Waals surface area contributed by atoms with Crippen LogP contribution in [0.15, 0.2) is 24.5 Å². The van der Waals surface area contributed by atoms with Crippen molar-refractivity contribution in [2.45, 2.75) is 13.8 Å². The second-order valence-electron chi connectivity index (χ2n) is 3.68. The van der Waals surface area contributed by atoms with Gasteiger partial charge in [0, 0.05) is 12.7 Å². The second kappa shape index (κ2) is 6.01. The van der Waals surface area contributed by atoms with Crippen molar-refractivity contribution in [3.63, 3.8) is 0 Å². The van der Waals surface area contributed by atoms with E-state index >= 15 is 0 Å². The van der Waals surface area contributed by atoms with Gasteiger partial charge in [0.15, 0.2) is 6.61 Å². The first-order valence-electron chi connectivity index (χ1n) is 4.98. The average molecular weight is 208 g/mol. The van der Waals surface area contributed by atoms with Crippen LogP contribution in [0.4, 0.5) is 0 Å². The second-order valence-corrected chi connectivity index (χ2v) is 3.68. The molecule has 0 spiro atoms. The number of ether oxygens (including phenoxy) is 1. The molecule has 1 N–H and O–H groups in total. The van der Waals surface area contributed by atoms with Crippen molar-refractivity contribution in [3.8, 4) is 5.75 Å². The maximum atomic E-state index is 11.3. The lowest BCUT2D eigenvalue weighted by Crippen LogP contribution is -2.31. The highest BCUT2D eigenvalue weighted by Crippen LogP contribution is 2.05. The van der Waals surface area contributed by atoms with Crippen LogP contribution in [0.5, 0.6) is 5.75 Å². The highest BCUT2D eigenvalue weighted by molar-refractivity contribution is 5.77. The zero-order chi connectivity index (χ0) is 11.1. The van der Waals surface area contributed by atoms with Gasteiger partial charge in [-0.15, -0.1) is 0 Å². The van der Waals surface area contributed by atoms with Crippen molar-refractivity contribution >= 4 is 5.91 Å². The fourth-order valence-corrected chi connectivity index (χ4v) is 0.950. The van der Waals surface area contributed by atoms with Gasteiger partial charge >= 0.3 is 0 Å². The number of carbonyl (C=O) groups is 1. The van der Waals surface area contributed by atoms with Crippen molar-refractivity contribution in [2.75, 3.05) is 13.2 Å². The van der Waals surface area contributed by atoms with Gasteiger partial charge in [-0.2, -0.15) is 0 Å². The Balaban J connectivity index is 2.23. The van der Waals surface area contributed by atoms with Crippen LogP contribution in [0.3, 0.4) is 0 Å². The molecule has 0 aliphatic carbocycles. The van der Waals surface area contributed by atoms with E-state index in [1.54, 1.807) is 24.5 Å². The summed E-state index contributed by atoms with van der Waals surface area (Å²) in [6, 6.07) is 3.53. The zero-order valence-corrected chi connectivity index (χ0v) is 9.06. The molecular weight excluding hydrogens is 192 g/mol. The van der Waals surface area contributed by atoms with E-state index in [-0.39, 0.29) is 12.5 Å². The van der Waals surface area contributed by atoms with E-state index in [1.165, 1.54) is 0 Å². The molecule has 4 nitrogen and oxygen atoms in total. The van der Waals surface area contributed by atoms with Gasteiger partial charge in [-0.1, -0.05) is 13.8 Å². The molecular formula is C11H16N2O2. The summed E-state index contributed by atoms with van der Waals surface area (Å²) >= 11 is 0. The Hall–Kier alpha value is -1.58. The van der Waals surface area contributed by atoms with Crippen LogP contribution in [0.2, 0.25) is 0 Å². The quantitative estimate of drug-likeness (QED) is 0.791. The van der Waals surface area contributed by atoms with E-state index < -0.39 is 0 Å². The third-order valence-corrected chi connectivity index (χ3v) is 1.71. The lowest BCUT2D eigenvalue weighted by molar-refractivity contribution is -0.123. The Bertz CT molecular complexity index is 299. The molecule has 0 fully saturated rings. The van der Waals surface area contributed by atoms with Gasteiger partial charge in [-0.25, -0.2) is 0 Å². The molecule has 1 rings (SSSR count). The molecule has 0 unspecified atom stereocenters. The van der Waals surface area contributed by atoms with Crippen LogP contribution in [0.25, 0.3) is 0 Å². The highest BCUT2D eigenvalue weighted by atomic mass is 16.5. The number of hydrogen-bond donors (Lipinski definition) is 1. The molecule has 0 saturated carbocycles. The number of nitrogens with zero attached hydrogens (tertiary/aromatic N) is 1. The molecule has 0 atom stereocenters. The zero-order valence-electron chi connectivity index (χ0n) is 9.06. The number of pyridine rings is 1. The van der Waals surface area contributed by atoms with Crippen LogP contribution in [0, 0.1) is 5.92 Å². The molecule has 0 aliphatic rings. The SMILES string of the molecule is CC(C)CNC(=O)COc1cccnc1. The van der Waals surface area contributed by atoms with Crippen molar-refractivity contribution in [2.24, 2.45) is 5.92 Å². The van der Waals surface area contributed by atoms with Crippen LogP contribution in [-0.2, 0) is 4.79 Å². The van der Waals surface area contributed by atoms with Gasteiger partial charge in [0.05, 0.1) is 6.20 Å². The summed E-state index contributed by atoms with van der Waals surface area (Å²) in [4.78, 5) is 15.1. The van der Waals surface area contributed by atoms with Gasteiger partial charge < -0.3 is 10.1 Å². The smallest absolute Gasteiger partial charge is 0.257 e. The summed E-state index contributed by atoms with van der Waals surface area (Å²) in [5, 5.41) is 2.77. The molecule has 1 aromatic heterocycles. The van der Waals surface area contributed by atoms with Crippen molar-refractivity contribution < 1.29 is 9.53 Å². The molecule has 0 aromatic carbocycles. The standard InChI is InChI=1S/C11H16N2O2/c1-9(2)6-13-11(14)8-15-10-4-3-5-12-7-10/h3-5,7,9H,6,8H2,1-2H3,(H,13,14). The molecule has 0 saturated heterocycles. The predicted octanol–water partition coefficient (Wildman–Crippen LogP) is 1.23. The van der Waals surface area contributed by atoms with Crippen LogP contribution in [0.1, 0.15) is 13.8 Å². The molecule has 1 aromatic rings. The first-order valence-corrected chi connectivity index (χ1v) is 4.98. The summed E-state index contributed by atoms with van der Waals surface area (Å²) in [6.45, 7) is 4.80. The van der Waals surface area contributed by atoms with Gasteiger partial charge in [0.2, 0.25) is 0 Å². The number of carbonyl (C=O) groups excluding carboxylic acids is 1. The van der Waals surface area contributed by atoms with E-state index in [2.05, 4.69) is 10.3 Å². The number of hydrogen-bond acceptors (Lipinski definition) is 3. The third-order valence-electron chi connectivity index (χ3n) is 1.71. The predicted molar refractivity (Wildman–Crippen MR) is 57.6 cm³/mol. The Morgan fingerprint density at radius 1 is 1.60 bits per heavy atom. The summed E-state index contributed by atoms with van der Waals surface area (Å²) in [5.41, 5.74) is 0. The minimum Gasteiger partial charge on any atom is -0.482 e. The van der Waals surface area contributed by atoms with E-state index in [0.717, 1.165) is 0 Å². The van der Waals surface area contributed by atoms with E-state index in [9.17, 15) is 4.79 Å².